The number of aryl methyl sites for hydroxylation is 1. The summed E-state index contributed by atoms with van der Waals surface area (Å²) in [4.78, 5) is 13.0. The molecule has 0 aliphatic heterocycles. The lowest BCUT2D eigenvalue weighted by Gasteiger charge is -2.13. The molecule has 106 valence electrons. The first kappa shape index (κ1) is 14.2. The van der Waals surface area contributed by atoms with Crippen molar-refractivity contribution in [2.24, 2.45) is 0 Å². The third kappa shape index (κ3) is 3.04. The Balaban J connectivity index is 2.19. The van der Waals surface area contributed by atoms with E-state index >= 15 is 0 Å². The van der Waals surface area contributed by atoms with Crippen molar-refractivity contribution in [1.29, 1.82) is 0 Å². The normalized spacial score (nSPS) is 10.3. The highest BCUT2D eigenvalue weighted by Gasteiger charge is 2.09. The molecule has 0 bridgehead atoms. The Morgan fingerprint density at radius 1 is 1.05 bits per heavy atom. The van der Waals surface area contributed by atoms with Crippen molar-refractivity contribution in [3.8, 4) is 0 Å². The fourth-order valence-corrected chi connectivity index (χ4v) is 2.23. The van der Waals surface area contributed by atoms with E-state index in [0.717, 1.165) is 35.7 Å². The highest BCUT2D eigenvalue weighted by molar-refractivity contribution is 5.57. The lowest BCUT2D eigenvalue weighted by atomic mass is 10.1. The van der Waals surface area contributed by atoms with E-state index in [1.165, 1.54) is 5.56 Å². The first-order chi connectivity index (χ1) is 9.80. The summed E-state index contributed by atoms with van der Waals surface area (Å²) in [5.41, 5.74) is 3.44. The first-order valence-electron chi connectivity index (χ1n) is 6.98. The Kier molecular flexibility index (Phi) is 4.87. The molecule has 2 aromatic rings. The summed E-state index contributed by atoms with van der Waals surface area (Å²) in [6, 6.07) is 4.09. The predicted octanol–water partition coefficient (Wildman–Crippen LogP) is 2.65. The van der Waals surface area contributed by atoms with E-state index in [9.17, 15) is 0 Å². The van der Waals surface area contributed by atoms with Gasteiger partial charge in [-0.15, -0.1) is 0 Å². The molecular weight excluding hydrogens is 250 g/mol. The molecule has 20 heavy (non-hydrogen) atoms. The second kappa shape index (κ2) is 6.84. The van der Waals surface area contributed by atoms with E-state index in [0.29, 0.717) is 6.54 Å². The van der Waals surface area contributed by atoms with Gasteiger partial charge in [0.25, 0.3) is 0 Å². The van der Waals surface area contributed by atoms with Gasteiger partial charge in [-0.2, -0.15) is 0 Å². The third-order valence-corrected chi connectivity index (χ3v) is 3.32. The van der Waals surface area contributed by atoms with Crippen LogP contribution in [-0.4, -0.2) is 22.0 Å². The van der Waals surface area contributed by atoms with E-state index in [-0.39, 0.29) is 0 Å². The Morgan fingerprint density at radius 2 is 1.85 bits per heavy atom. The molecule has 0 spiro atoms. The van der Waals surface area contributed by atoms with Gasteiger partial charge in [-0.3, -0.25) is 4.98 Å². The molecule has 0 radical (unpaired) electrons. The van der Waals surface area contributed by atoms with Gasteiger partial charge in [0.1, 0.15) is 18.0 Å². The van der Waals surface area contributed by atoms with Gasteiger partial charge in [-0.05, 0) is 24.5 Å². The quantitative estimate of drug-likeness (QED) is 0.845. The number of anilines is 2. The number of nitrogens with zero attached hydrogens (tertiary/aromatic N) is 3. The lowest BCUT2D eigenvalue weighted by molar-refractivity contribution is 0.949. The van der Waals surface area contributed by atoms with Crippen LogP contribution >= 0.6 is 0 Å². The molecule has 0 atom stereocenters. The van der Waals surface area contributed by atoms with E-state index < -0.39 is 0 Å². The predicted molar refractivity (Wildman–Crippen MR) is 81.9 cm³/mol. The van der Waals surface area contributed by atoms with Gasteiger partial charge >= 0.3 is 0 Å². The van der Waals surface area contributed by atoms with Gasteiger partial charge in [0, 0.05) is 18.8 Å². The zero-order valence-corrected chi connectivity index (χ0v) is 12.3. The third-order valence-electron chi connectivity index (χ3n) is 3.32. The molecular formula is C15H21N5. The molecule has 0 fully saturated rings. The molecule has 0 aliphatic rings. The lowest BCUT2D eigenvalue weighted by Crippen LogP contribution is -2.10. The van der Waals surface area contributed by atoms with Crippen molar-refractivity contribution in [2.75, 3.05) is 17.7 Å². The summed E-state index contributed by atoms with van der Waals surface area (Å²) < 4.78 is 0. The molecule has 2 N–H and O–H groups in total. The summed E-state index contributed by atoms with van der Waals surface area (Å²) >= 11 is 0. The van der Waals surface area contributed by atoms with Gasteiger partial charge in [-0.1, -0.05) is 19.9 Å². The van der Waals surface area contributed by atoms with Crippen LogP contribution < -0.4 is 10.6 Å². The Bertz CT molecular complexity index is 568. The van der Waals surface area contributed by atoms with Crippen molar-refractivity contribution in [3.05, 3.63) is 41.5 Å². The van der Waals surface area contributed by atoms with Crippen LogP contribution in [0, 0.1) is 0 Å². The van der Waals surface area contributed by atoms with Gasteiger partial charge in [0.15, 0.2) is 0 Å². The second-order valence-corrected chi connectivity index (χ2v) is 4.47. The summed E-state index contributed by atoms with van der Waals surface area (Å²) in [5.74, 6) is 1.75. The van der Waals surface area contributed by atoms with Crippen molar-refractivity contribution in [3.63, 3.8) is 0 Å². The van der Waals surface area contributed by atoms with Crippen LogP contribution in [-0.2, 0) is 19.4 Å². The van der Waals surface area contributed by atoms with E-state index in [4.69, 9.17) is 0 Å². The molecule has 0 aromatic carbocycles. The van der Waals surface area contributed by atoms with Crippen molar-refractivity contribution >= 4 is 11.6 Å². The molecule has 0 saturated heterocycles. The zero-order valence-electron chi connectivity index (χ0n) is 12.3. The largest absolute Gasteiger partial charge is 0.373 e. The minimum atomic E-state index is 0.678. The minimum absolute atomic E-state index is 0.678. The summed E-state index contributed by atoms with van der Waals surface area (Å²) in [6.07, 6.45) is 5.27. The fourth-order valence-electron chi connectivity index (χ4n) is 2.23. The molecule has 2 heterocycles. The van der Waals surface area contributed by atoms with Crippen LogP contribution in [0.2, 0.25) is 0 Å². The van der Waals surface area contributed by atoms with Crippen molar-refractivity contribution in [1.82, 2.24) is 15.0 Å². The number of hydrogen-bond acceptors (Lipinski definition) is 5. The molecule has 2 aromatic heterocycles. The molecule has 0 aliphatic carbocycles. The molecule has 5 heteroatoms. The van der Waals surface area contributed by atoms with Gasteiger partial charge < -0.3 is 10.6 Å². The minimum Gasteiger partial charge on any atom is -0.373 e. The van der Waals surface area contributed by atoms with Crippen LogP contribution in [0.4, 0.5) is 11.6 Å². The summed E-state index contributed by atoms with van der Waals surface area (Å²) in [5, 5.41) is 6.48. The topological polar surface area (TPSA) is 62.7 Å². The fraction of sp³-hybridized carbons (Fsp3) is 0.400. The Labute approximate surface area is 119 Å². The number of rotatable bonds is 6. The van der Waals surface area contributed by atoms with Gasteiger partial charge in [0.05, 0.1) is 12.2 Å². The maximum Gasteiger partial charge on any atom is 0.135 e. The summed E-state index contributed by atoms with van der Waals surface area (Å²) in [6.45, 7) is 4.92. The number of nitrogens with one attached hydrogen (secondary N) is 2. The van der Waals surface area contributed by atoms with E-state index in [2.05, 4.69) is 45.5 Å². The van der Waals surface area contributed by atoms with Crippen LogP contribution in [0.1, 0.15) is 30.7 Å². The van der Waals surface area contributed by atoms with Gasteiger partial charge in [-0.25, -0.2) is 9.97 Å². The van der Waals surface area contributed by atoms with Crippen molar-refractivity contribution < 1.29 is 0 Å². The maximum atomic E-state index is 4.44. The number of pyridine rings is 1. The standard InChI is InChI=1S/C15H21N5/c1-4-11-7-6-8-17-13(11)9-18-15-12(5-2)14(16-3)19-10-20-15/h6-8,10H,4-5,9H2,1-3H3,(H2,16,18,19,20). The molecule has 2 rings (SSSR count). The maximum absolute atomic E-state index is 4.44. The van der Waals surface area contributed by atoms with E-state index in [1.807, 2.05) is 19.3 Å². The molecule has 0 amide bonds. The Hall–Kier alpha value is -2.17. The molecule has 0 saturated carbocycles. The SMILES string of the molecule is CCc1cccnc1CNc1ncnc(NC)c1CC. The number of aromatic nitrogens is 3. The number of hydrogen-bond donors (Lipinski definition) is 2. The Morgan fingerprint density at radius 3 is 2.55 bits per heavy atom. The van der Waals surface area contributed by atoms with E-state index in [1.54, 1.807) is 6.33 Å². The van der Waals surface area contributed by atoms with Crippen LogP contribution in [0.25, 0.3) is 0 Å². The highest BCUT2D eigenvalue weighted by Crippen LogP contribution is 2.20. The second-order valence-electron chi connectivity index (χ2n) is 4.47. The highest BCUT2D eigenvalue weighted by atomic mass is 15.1. The summed E-state index contributed by atoms with van der Waals surface area (Å²) in [7, 11) is 1.87. The van der Waals surface area contributed by atoms with Crippen LogP contribution in [0.5, 0.6) is 0 Å². The molecule has 5 nitrogen and oxygen atoms in total. The smallest absolute Gasteiger partial charge is 0.135 e. The van der Waals surface area contributed by atoms with Crippen LogP contribution in [0.15, 0.2) is 24.7 Å². The first-order valence-corrected chi connectivity index (χ1v) is 6.98. The molecule has 0 unspecified atom stereocenters. The van der Waals surface area contributed by atoms with Gasteiger partial charge in [0.2, 0.25) is 0 Å². The zero-order chi connectivity index (χ0) is 14.4. The average Bonchev–Trinajstić information content (AvgIpc) is 2.52. The van der Waals surface area contributed by atoms with Crippen molar-refractivity contribution in [2.45, 2.75) is 33.2 Å². The average molecular weight is 271 g/mol. The van der Waals surface area contributed by atoms with Crippen LogP contribution in [0.3, 0.4) is 0 Å². The monoisotopic (exact) mass is 271 g/mol.